The van der Waals surface area contributed by atoms with Crippen LogP contribution in [0, 0.1) is 0 Å². The van der Waals surface area contributed by atoms with Gasteiger partial charge in [0, 0.05) is 38.4 Å². The van der Waals surface area contributed by atoms with Gasteiger partial charge in [0.1, 0.15) is 11.2 Å². The van der Waals surface area contributed by atoms with Gasteiger partial charge in [-0.15, -0.1) is 0 Å². The lowest BCUT2D eigenvalue weighted by Crippen LogP contribution is -2.18. The highest BCUT2D eigenvalue weighted by atomic mass is 16.3. The normalized spacial score (nSPS) is 14.4. The van der Waals surface area contributed by atoms with Gasteiger partial charge in [-0.1, -0.05) is 173 Å². The van der Waals surface area contributed by atoms with Crippen LogP contribution in [0.5, 0.6) is 0 Å². The average Bonchev–Trinajstić information content (AvgIpc) is 3.89. The summed E-state index contributed by atoms with van der Waals surface area (Å²) in [6, 6.07) is 69.9. The van der Waals surface area contributed by atoms with Gasteiger partial charge in [0.25, 0.3) is 0 Å². The number of fused-ring (bicyclic) bond motifs is 14. The molecule has 2 aliphatic rings. The van der Waals surface area contributed by atoms with E-state index in [9.17, 15) is 0 Å². The molecule has 0 unspecified atom stereocenters. The Morgan fingerprint density at radius 3 is 1.53 bits per heavy atom. The first-order valence-electron chi connectivity index (χ1n) is 21.8. The molecule has 2 heteroatoms. The number of anilines is 3. The molecular formula is C60H43NO. The lowest BCUT2D eigenvalue weighted by atomic mass is 9.82. The molecule has 1 aromatic heterocycles. The first-order chi connectivity index (χ1) is 30.3. The van der Waals surface area contributed by atoms with Crippen LogP contribution in [0.1, 0.15) is 49.9 Å². The van der Waals surface area contributed by atoms with Crippen LogP contribution in [0.4, 0.5) is 17.1 Å². The molecule has 0 atom stereocenters. The van der Waals surface area contributed by atoms with E-state index in [0.29, 0.717) is 0 Å². The van der Waals surface area contributed by atoms with E-state index in [2.05, 4.69) is 221 Å². The Bertz CT molecular complexity index is 3600. The third-order valence-corrected chi connectivity index (χ3v) is 14.4. The van der Waals surface area contributed by atoms with Gasteiger partial charge in [-0.25, -0.2) is 0 Å². The molecule has 62 heavy (non-hydrogen) atoms. The summed E-state index contributed by atoms with van der Waals surface area (Å²) in [5.74, 6) is 0. The SMILES string of the molecule is CC1(C)c2ccccc2-c2ccc(N(c3ccc4c(c3)C(C)(C)c3ccccc3-4)c3cccc4c(-c5cc6oc7ccc8ccccc8c7c6c6ccccc56)cccc34)cc21. The monoisotopic (exact) mass is 793 g/mol. The second-order valence-electron chi connectivity index (χ2n) is 18.4. The maximum atomic E-state index is 6.77. The first-order valence-corrected chi connectivity index (χ1v) is 21.8. The minimum Gasteiger partial charge on any atom is -0.456 e. The Morgan fingerprint density at radius 1 is 0.339 bits per heavy atom. The van der Waals surface area contributed by atoms with Gasteiger partial charge in [-0.3, -0.25) is 0 Å². The standard InChI is InChI=1S/C60H43NO/c1-59(2)50-24-11-9-18-43(50)45-30-28-37(33-52(45)59)61(38-29-31-46-44-19-10-12-25-51(44)60(3,4)53(46)34-38)54-26-14-22-40-41(21-13-23-47(40)54)49-35-56-58(48-20-8-7-17-42(48)49)57-39-16-6-5-15-36(39)27-32-55(57)62-56/h5-35H,1-4H3. The summed E-state index contributed by atoms with van der Waals surface area (Å²) in [5.41, 5.74) is 18.1. The Hall–Kier alpha value is -7.42. The van der Waals surface area contributed by atoms with Crippen molar-refractivity contribution in [2.24, 2.45) is 0 Å². The van der Waals surface area contributed by atoms with Crippen LogP contribution < -0.4 is 4.90 Å². The first kappa shape index (κ1) is 35.3. The molecule has 10 aromatic carbocycles. The van der Waals surface area contributed by atoms with Crippen LogP contribution in [0.15, 0.2) is 192 Å². The second-order valence-corrected chi connectivity index (χ2v) is 18.4. The molecule has 0 radical (unpaired) electrons. The highest BCUT2D eigenvalue weighted by Gasteiger charge is 2.38. The summed E-state index contributed by atoms with van der Waals surface area (Å²) in [6.45, 7) is 9.49. The lowest BCUT2D eigenvalue weighted by molar-refractivity contribution is 0.660. The van der Waals surface area contributed by atoms with E-state index in [0.717, 1.165) is 28.2 Å². The molecule has 0 amide bonds. The molecule has 2 nitrogen and oxygen atoms in total. The van der Waals surface area contributed by atoms with Crippen molar-refractivity contribution in [2.45, 2.75) is 38.5 Å². The van der Waals surface area contributed by atoms with Crippen LogP contribution >= 0.6 is 0 Å². The van der Waals surface area contributed by atoms with E-state index in [4.69, 9.17) is 4.42 Å². The third kappa shape index (κ3) is 4.75. The van der Waals surface area contributed by atoms with Crippen LogP contribution in [0.25, 0.3) is 87.6 Å². The Kier molecular flexibility index (Phi) is 7.16. The smallest absolute Gasteiger partial charge is 0.136 e. The number of benzene rings is 10. The summed E-state index contributed by atoms with van der Waals surface area (Å²) >= 11 is 0. The summed E-state index contributed by atoms with van der Waals surface area (Å²) in [6.07, 6.45) is 0. The molecule has 0 saturated carbocycles. The molecule has 0 spiro atoms. The van der Waals surface area contributed by atoms with Gasteiger partial charge in [-0.2, -0.15) is 0 Å². The Balaban J connectivity index is 1.05. The van der Waals surface area contributed by atoms with Crippen LogP contribution in [0.3, 0.4) is 0 Å². The Morgan fingerprint density at radius 2 is 0.839 bits per heavy atom. The molecule has 2 aliphatic carbocycles. The highest BCUT2D eigenvalue weighted by molar-refractivity contribution is 6.28. The van der Waals surface area contributed by atoms with Crippen LogP contribution in [-0.2, 0) is 10.8 Å². The van der Waals surface area contributed by atoms with Crippen molar-refractivity contribution in [1.82, 2.24) is 0 Å². The third-order valence-electron chi connectivity index (χ3n) is 14.4. The molecule has 11 aromatic rings. The number of hydrogen-bond acceptors (Lipinski definition) is 2. The molecule has 0 bridgehead atoms. The molecule has 0 aliphatic heterocycles. The summed E-state index contributed by atoms with van der Waals surface area (Å²) in [5, 5.41) is 9.59. The van der Waals surface area contributed by atoms with Crippen molar-refractivity contribution in [2.75, 3.05) is 4.90 Å². The largest absolute Gasteiger partial charge is 0.456 e. The van der Waals surface area contributed by atoms with Gasteiger partial charge in [0.05, 0.1) is 5.69 Å². The van der Waals surface area contributed by atoms with Crippen molar-refractivity contribution in [3.05, 3.63) is 210 Å². The number of furan rings is 1. The predicted molar refractivity (Wildman–Crippen MR) is 261 cm³/mol. The molecule has 0 N–H and O–H groups in total. The van der Waals surface area contributed by atoms with E-state index >= 15 is 0 Å². The average molecular weight is 794 g/mol. The molecule has 1 heterocycles. The fraction of sp³-hybridized carbons (Fsp3) is 0.100. The maximum Gasteiger partial charge on any atom is 0.136 e. The predicted octanol–water partition coefficient (Wildman–Crippen LogP) is 16.8. The molecular weight excluding hydrogens is 751 g/mol. The zero-order chi connectivity index (χ0) is 41.5. The van der Waals surface area contributed by atoms with E-state index in [1.54, 1.807) is 0 Å². The maximum absolute atomic E-state index is 6.77. The second kappa shape index (κ2) is 12.6. The number of rotatable bonds is 4. The van der Waals surface area contributed by atoms with Gasteiger partial charge >= 0.3 is 0 Å². The molecule has 13 rings (SSSR count). The Labute approximate surface area is 361 Å². The van der Waals surface area contributed by atoms with Gasteiger partial charge in [-0.05, 0) is 125 Å². The van der Waals surface area contributed by atoms with Crippen molar-refractivity contribution >= 4 is 71.3 Å². The van der Waals surface area contributed by atoms with Gasteiger partial charge in [0.2, 0.25) is 0 Å². The summed E-state index contributed by atoms with van der Waals surface area (Å²) in [7, 11) is 0. The van der Waals surface area contributed by atoms with Crippen LogP contribution in [0.2, 0.25) is 0 Å². The molecule has 294 valence electrons. The van der Waals surface area contributed by atoms with Gasteiger partial charge in [0.15, 0.2) is 0 Å². The van der Waals surface area contributed by atoms with E-state index in [1.165, 1.54) is 98.7 Å². The van der Waals surface area contributed by atoms with Crippen molar-refractivity contribution in [3.8, 4) is 33.4 Å². The quantitative estimate of drug-likeness (QED) is 0.176. The van der Waals surface area contributed by atoms with Gasteiger partial charge < -0.3 is 9.32 Å². The number of nitrogens with zero attached hydrogens (tertiary/aromatic N) is 1. The number of hydrogen-bond donors (Lipinski definition) is 0. The van der Waals surface area contributed by atoms with Crippen molar-refractivity contribution < 1.29 is 4.42 Å². The highest BCUT2D eigenvalue weighted by Crippen LogP contribution is 2.54. The van der Waals surface area contributed by atoms with Crippen molar-refractivity contribution in [1.29, 1.82) is 0 Å². The van der Waals surface area contributed by atoms with E-state index in [-0.39, 0.29) is 10.8 Å². The minimum absolute atomic E-state index is 0.135. The summed E-state index contributed by atoms with van der Waals surface area (Å²) < 4.78 is 6.77. The topological polar surface area (TPSA) is 16.4 Å². The van der Waals surface area contributed by atoms with E-state index in [1.807, 2.05) is 0 Å². The lowest BCUT2D eigenvalue weighted by Gasteiger charge is -2.30. The summed E-state index contributed by atoms with van der Waals surface area (Å²) in [4.78, 5) is 2.51. The minimum atomic E-state index is -0.135. The van der Waals surface area contributed by atoms with E-state index < -0.39 is 0 Å². The molecule has 0 saturated heterocycles. The van der Waals surface area contributed by atoms with Crippen molar-refractivity contribution in [3.63, 3.8) is 0 Å². The van der Waals surface area contributed by atoms with Crippen LogP contribution in [-0.4, -0.2) is 0 Å². The molecule has 0 fully saturated rings. The zero-order valence-electron chi connectivity index (χ0n) is 35.3. The fourth-order valence-corrected chi connectivity index (χ4v) is 11.4. The fourth-order valence-electron chi connectivity index (χ4n) is 11.4. The zero-order valence-corrected chi connectivity index (χ0v) is 35.3.